The summed E-state index contributed by atoms with van der Waals surface area (Å²) in [6.07, 6.45) is 6.70. The number of carbonyl (C=O) groups is 2. The Balaban J connectivity index is 1.25. The average molecular weight is 600 g/mol. The number of piperidine rings is 1. The highest BCUT2D eigenvalue weighted by Crippen LogP contribution is 2.33. The molecule has 1 amide bonds. The Morgan fingerprint density at radius 1 is 1.09 bits per heavy atom. The van der Waals surface area contributed by atoms with Gasteiger partial charge in [-0.15, -0.1) is 0 Å². The summed E-state index contributed by atoms with van der Waals surface area (Å²) < 4.78 is 5.65. The molecule has 10 nitrogen and oxygen atoms in total. The van der Waals surface area contributed by atoms with E-state index in [1.807, 2.05) is 51.1 Å². The number of nitrogens with one attached hydrogen (secondary N) is 3. The first-order valence-corrected chi connectivity index (χ1v) is 15.8. The van der Waals surface area contributed by atoms with Crippen LogP contribution in [0, 0.1) is 0 Å². The van der Waals surface area contributed by atoms with Crippen molar-refractivity contribution in [2.24, 2.45) is 0 Å². The number of benzene rings is 1. The fraction of sp³-hybridized carbons (Fsp3) is 0.500. The number of amides is 1. The highest BCUT2D eigenvalue weighted by Gasteiger charge is 2.29. The minimum atomic E-state index is -0.886. The Morgan fingerprint density at radius 2 is 1.86 bits per heavy atom. The predicted molar refractivity (Wildman–Crippen MR) is 173 cm³/mol. The number of hydrogen-bond donors (Lipinski definition) is 3. The molecular formula is C34H45N7O3. The van der Waals surface area contributed by atoms with Crippen molar-refractivity contribution in [1.29, 1.82) is 0 Å². The lowest BCUT2D eigenvalue weighted by atomic mass is 9.92. The zero-order valence-corrected chi connectivity index (χ0v) is 26.4. The van der Waals surface area contributed by atoms with Gasteiger partial charge in [0, 0.05) is 43.4 Å². The molecule has 2 aliphatic heterocycles. The van der Waals surface area contributed by atoms with Crippen molar-refractivity contribution in [1.82, 2.24) is 20.3 Å². The number of aryl methyl sites for hydroxylation is 1. The van der Waals surface area contributed by atoms with Crippen molar-refractivity contribution in [2.45, 2.75) is 83.8 Å². The second-order valence-electron chi connectivity index (χ2n) is 12.6. The van der Waals surface area contributed by atoms with Gasteiger partial charge in [0.1, 0.15) is 35.4 Å². The number of rotatable bonds is 10. The molecule has 0 aliphatic carbocycles. The first-order chi connectivity index (χ1) is 21.2. The molecule has 234 valence electrons. The summed E-state index contributed by atoms with van der Waals surface area (Å²) in [6.45, 7) is 10.4. The van der Waals surface area contributed by atoms with Crippen molar-refractivity contribution in [3.05, 3.63) is 71.2 Å². The topological polar surface area (TPSA) is 121 Å². The fourth-order valence-electron chi connectivity index (χ4n) is 5.90. The molecule has 1 aromatic carbocycles. The zero-order valence-electron chi connectivity index (χ0n) is 26.4. The number of hydrogen-bond acceptors (Lipinski definition) is 9. The Morgan fingerprint density at radius 3 is 2.59 bits per heavy atom. The van der Waals surface area contributed by atoms with E-state index in [9.17, 15) is 9.59 Å². The van der Waals surface area contributed by atoms with Crippen LogP contribution in [-0.2, 0) is 33.6 Å². The molecule has 1 fully saturated rings. The molecule has 3 aromatic rings. The first-order valence-electron chi connectivity index (χ1n) is 15.8. The van der Waals surface area contributed by atoms with E-state index < -0.39 is 17.6 Å². The summed E-state index contributed by atoms with van der Waals surface area (Å²) in [4.78, 5) is 42.5. The third kappa shape index (κ3) is 8.03. The molecule has 4 heterocycles. The van der Waals surface area contributed by atoms with Gasteiger partial charge in [0.25, 0.3) is 0 Å². The van der Waals surface area contributed by atoms with Gasteiger partial charge in [0.15, 0.2) is 0 Å². The van der Waals surface area contributed by atoms with Crippen molar-refractivity contribution >= 4 is 29.3 Å². The van der Waals surface area contributed by atoms with Crippen LogP contribution in [0.5, 0.6) is 0 Å². The fourth-order valence-corrected chi connectivity index (χ4v) is 5.90. The van der Waals surface area contributed by atoms with E-state index in [2.05, 4.69) is 49.9 Å². The van der Waals surface area contributed by atoms with E-state index in [-0.39, 0.29) is 18.9 Å². The van der Waals surface area contributed by atoms with Crippen LogP contribution in [-0.4, -0.2) is 64.7 Å². The molecule has 1 atom stereocenters. The zero-order chi connectivity index (χ0) is 31.1. The Kier molecular flexibility index (Phi) is 9.97. The van der Waals surface area contributed by atoms with Gasteiger partial charge in [0.05, 0.1) is 6.42 Å². The van der Waals surface area contributed by atoms with E-state index in [4.69, 9.17) is 9.72 Å². The van der Waals surface area contributed by atoms with Gasteiger partial charge in [-0.1, -0.05) is 43.3 Å². The summed E-state index contributed by atoms with van der Waals surface area (Å²) in [5.41, 5.74) is 3.66. The van der Waals surface area contributed by atoms with Gasteiger partial charge in [0.2, 0.25) is 5.91 Å². The minimum absolute atomic E-state index is 0.138. The molecule has 0 unspecified atom stereocenters. The van der Waals surface area contributed by atoms with E-state index in [1.165, 1.54) is 11.3 Å². The minimum Gasteiger partial charge on any atom is -0.458 e. The number of ether oxygens (including phenoxy) is 1. The number of aromatic nitrogens is 3. The summed E-state index contributed by atoms with van der Waals surface area (Å²) in [5.74, 6) is 2.29. The van der Waals surface area contributed by atoms with Crippen LogP contribution in [0.4, 0.5) is 17.5 Å². The second kappa shape index (κ2) is 14.1. The SMILES string of the molecule is CCc1c(NC[C@H](NC(=O)Cc2ccccc2)C(=O)OC(C)(C)C)ncnc1N1CCC(c2ccc3c(n2)NCCC3)CC1. The molecule has 44 heavy (non-hydrogen) atoms. The lowest BCUT2D eigenvalue weighted by Crippen LogP contribution is -2.48. The molecule has 0 spiro atoms. The molecule has 1 saturated heterocycles. The molecule has 10 heteroatoms. The molecule has 2 aliphatic rings. The summed E-state index contributed by atoms with van der Waals surface area (Å²) in [6, 6.07) is 13.0. The largest absolute Gasteiger partial charge is 0.458 e. The molecule has 2 aromatic heterocycles. The van der Waals surface area contributed by atoms with Crippen LogP contribution in [0.2, 0.25) is 0 Å². The van der Waals surface area contributed by atoms with Crippen molar-refractivity contribution in [3.63, 3.8) is 0 Å². The Bertz CT molecular complexity index is 1430. The first kappa shape index (κ1) is 31.2. The molecule has 0 radical (unpaired) electrons. The highest BCUT2D eigenvalue weighted by molar-refractivity contribution is 5.86. The maximum Gasteiger partial charge on any atom is 0.331 e. The number of esters is 1. The average Bonchev–Trinajstić information content (AvgIpc) is 3.02. The Hall–Kier alpha value is -4.21. The van der Waals surface area contributed by atoms with E-state index >= 15 is 0 Å². The van der Waals surface area contributed by atoms with Gasteiger partial charge in [-0.05, 0) is 70.1 Å². The molecule has 0 bridgehead atoms. The van der Waals surface area contributed by atoms with Crippen molar-refractivity contribution in [3.8, 4) is 0 Å². The highest BCUT2D eigenvalue weighted by atomic mass is 16.6. The van der Waals surface area contributed by atoms with Gasteiger partial charge in [-0.2, -0.15) is 0 Å². The predicted octanol–water partition coefficient (Wildman–Crippen LogP) is 4.66. The van der Waals surface area contributed by atoms with E-state index in [1.54, 1.807) is 6.33 Å². The van der Waals surface area contributed by atoms with Gasteiger partial charge >= 0.3 is 5.97 Å². The quantitative estimate of drug-likeness (QED) is 0.286. The number of anilines is 3. The van der Waals surface area contributed by atoms with Crippen LogP contribution >= 0.6 is 0 Å². The maximum absolute atomic E-state index is 13.1. The summed E-state index contributed by atoms with van der Waals surface area (Å²) in [5, 5.41) is 9.66. The number of fused-ring (bicyclic) bond motifs is 1. The Labute approximate surface area is 260 Å². The van der Waals surface area contributed by atoms with Crippen LogP contribution in [0.15, 0.2) is 48.8 Å². The molecule has 0 saturated carbocycles. The van der Waals surface area contributed by atoms with E-state index in [0.717, 1.165) is 68.1 Å². The number of nitrogens with zero attached hydrogens (tertiary/aromatic N) is 4. The third-order valence-electron chi connectivity index (χ3n) is 8.11. The van der Waals surface area contributed by atoms with Gasteiger partial charge in [-0.25, -0.2) is 19.7 Å². The number of pyridine rings is 1. The van der Waals surface area contributed by atoms with Crippen LogP contribution < -0.4 is 20.9 Å². The lowest BCUT2D eigenvalue weighted by molar-refractivity contribution is -0.158. The monoisotopic (exact) mass is 599 g/mol. The summed E-state index contributed by atoms with van der Waals surface area (Å²) >= 11 is 0. The van der Waals surface area contributed by atoms with Gasteiger partial charge in [-0.3, -0.25) is 4.79 Å². The van der Waals surface area contributed by atoms with Crippen molar-refractivity contribution < 1.29 is 14.3 Å². The van der Waals surface area contributed by atoms with E-state index in [0.29, 0.717) is 18.2 Å². The number of carbonyl (C=O) groups excluding carboxylic acids is 2. The van der Waals surface area contributed by atoms with Crippen LogP contribution in [0.25, 0.3) is 0 Å². The van der Waals surface area contributed by atoms with Crippen molar-refractivity contribution in [2.75, 3.05) is 41.7 Å². The summed E-state index contributed by atoms with van der Waals surface area (Å²) in [7, 11) is 0. The smallest absolute Gasteiger partial charge is 0.331 e. The molecule has 5 rings (SSSR count). The van der Waals surface area contributed by atoms with Crippen LogP contribution in [0.3, 0.4) is 0 Å². The third-order valence-corrected chi connectivity index (χ3v) is 8.11. The van der Waals surface area contributed by atoms with Crippen LogP contribution in [0.1, 0.15) is 75.3 Å². The lowest BCUT2D eigenvalue weighted by Gasteiger charge is -2.34. The molecular weight excluding hydrogens is 554 g/mol. The maximum atomic E-state index is 13.1. The standard InChI is InChI=1S/C34H45N7O3/c1-5-26-31(36-21-28(33(43)44-34(2,3)4)39-29(42)20-23-10-7-6-8-11-23)37-22-38-32(26)41-18-15-24(16-19-41)27-14-13-25-12-9-17-35-30(25)40-27/h6-8,10-11,13-14,22,24,28H,5,9,12,15-21H2,1-4H3,(H,35,40)(H,39,42)(H,36,37,38)/t28-/m0/s1. The normalized spacial score (nSPS) is 16.0. The molecule has 3 N–H and O–H groups in total. The van der Waals surface area contributed by atoms with Gasteiger partial charge < -0.3 is 25.6 Å². The second-order valence-corrected chi connectivity index (χ2v) is 12.6.